The van der Waals surface area contributed by atoms with Crippen LogP contribution in [0, 0.1) is 5.82 Å². The predicted molar refractivity (Wildman–Crippen MR) is 79.2 cm³/mol. The van der Waals surface area contributed by atoms with Crippen LogP contribution in [-0.2, 0) is 11.8 Å². The third-order valence-corrected chi connectivity index (χ3v) is 4.29. The molecule has 0 radical (unpaired) electrons. The highest BCUT2D eigenvalue weighted by atomic mass is 35.5. The Morgan fingerprint density at radius 3 is 2.16 bits per heavy atom. The zero-order chi connectivity index (χ0) is 13.7. The lowest BCUT2D eigenvalue weighted by Crippen LogP contribution is -2.30. The molecule has 0 aliphatic heterocycles. The molecule has 0 N–H and O–H groups in total. The topological polar surface area (TPSA) is 0 Å². The first kappa shape index (κ1) is 14.1. The van der Waals surface area contributed by atoms with Crippen molar-refractivity contribution in [2.45, 2.75) is 25.2 Å². The molecule has 2 aromatic rings. The van der Waals surface area contributed by atoms with E-state index in [-0.39, 0.29) is 11.2 Å². The van der Waals surface area contributed by atoms with Crippen LogP contribution in [0.3, 0.4) is 0 Å². The first-order valence-corrected chi connectivity index (χ1v) is 7.09. The van der Waals surface area contributed by atoms with Crippen LogP contribution in [0.15, 0.2) is 54.6 Å². The van der Waals surface area contributed by atoms with E-state index in [0.29, 0.717) is 5.88 Å². The van der Waals surface area contributed by atoms with Crippen LogP contribution in [0.5, 0.6) is 0 Å². The molecule has 100 valence electrons. The molecule has 0 fully saturated rings. The van der Waals surface area contributed by atoms with Gasteiger partial charge in [-0.15, -0.1) is 11.6 Å². The molecule has 1 atom stereocenters. The summed E-state index contributed by atoms with van der Waals surface area (Å²) in [4.78, 5) is 0. The van der Waals surface area contributed by atoms with Crippen molar-refractivity contribution in [3.8, 4) is 0 Å². The molecule has 0 aliphatic rings. The molecule has 2 rings (SSSR count). The molecular formula is C17H18ClF. The van der Waals surface area contributed by atoms with Crippen LogP contribution in [0.1, 0.15) is 24.5 Å². The van der Waals surface area contributed by atoms with E-state index in [1.165, 1.54) is 17.7 Å². The van der Waals surface area contributed by atoms with Crippen molar-refractivity contribution in [1.29, 1.82) is 0 Å². The normalized spacial score (nSPS) is 14.1. The second-order valence-corrected chi connectivity index (χ2v) is 5.20. The zero-order valence-electron chi connectivity index (χ0n) is 11.1. The van der Waals surface area contributed by atoms with E-state index in [1.54, 1.807) is 0 Å². The molecule has 0 aromatic heterocycles. The third kappa shape index (κ3) is 3.16. The summed E-state index contributed by atoms with van der Waals surface area (Å²) in [7, 11) is 0. The van der Waals surface area contributed by atoms with E-state index < -0.39 is 0 Å². The number of rotatable bonds is 5. The largest absolute Gasteiger partial charge is 0.207 e. The van der Waals surface area contributed by atoms with Gasteiger partial charge in [0.15, 0.2) is 0 Å². The predicted octanol–water partition coefficient (Wildman–Crippen LogP) is 4.96. The Balaban J connectivity index is 2.32. The molecule has 0 spiro atoms. The first-order valence-electron chi connectivity index (χ1n) is 6.56. The lowest BCUT2D eigenvalue weighted by atomic mass is 9.75. The van der Waals surface area contributed by atoms with Crippen molar-refractivity contribution in [2.75, 3.05) is 5.88 Å². The van der Waals surface area contributed by atoms with Crippen LogP contribution in [0.2, 0.25) is 0 Å². The maximum absolute atomic E-state index is 13.0. The smallest absolute Gasteiger partial charge is 0.123 e. The summed E-state index contributed by atoms with van der Waals surface area (Å²) in [6, 6.07) is 17.0. The van der Waals surface area contributed by atoms with Gasteiger partial charge in [-0.05, 0) is 36.1 Å². The molecular weight excluding hydrogens is 259 g/mol. The van der Waals surface area contributed by atoms with Crippen LogP contribution < -0.4 is 0 Å². The first-order chi connectivity index (χ1) is 9.20. The Hall–Kier alpha value is -1.34. The van der Waals surface area contributed by atoms with Crippen LogP contribution in [-0.4, -0.2) is 5.88 Å². The second-order valence-electron chi connectivity index (χ2n) is 4.94. The molecule has 19 heavy (non-hydrogen) atoms. The summed E-state index contributed by atoms with van der Waals surface area (Å²) in [5, 5.41) is 0. The van der Waals surface area contributed by atoms with Gasteiger partial charge in [0.2, 0.25) is 0 Å². The molecule has 0 aliphatic carbocycles. The molecule has 1 unspecified atom stereocenters. The van der Waals surface area contributed by atoms with Crippen molar-refractivity contribution in [1.82, 2.24) is 0 Å². The van der Waals surface area contributed by atoms with E-state index in [2.05, 4.69) is 19.1 Å². The summed E-state index contributed by atoms with van der Waals surface area (Å²) in [6.45, 7) is 2.15. The number of benzene rings is 2. The van der Waals surface area contributed by atoms with E-state index in [1.807, 2.05) is 30.3 Å². The number of hydrogen-bond donors (Lipinski definition) is 0. The van der Waals surface area contributed by atoms with E-state index >= 15 is 0 Å². The summed E-state index contributed by atoms with van der Waals surface area (Å²) < 4.78 is 13.0. The fourth-order valence-corrected chi connectivity index (χ4v) is 2.87. The standard InChI is InChI=1S/C17H18ClF/c1-2-17(13-18,15-6-4-3-5-7-15)12-14-8-10-16(19)11-9-14/h3-11H,2,12-13H2,1H3. The molecule has 0 bridgehead atoms. The fourth-order valence-electron chi connectivity index (χ4n) is 2.43. The third-order valence-electron chi connectivity index (χ3n) is 3.77. The monoisotopic (exact) mass is 276 g/mol. The molecule has 0 nitrogen and oxygen atoms in total. The number of hydrogen-bond acceptors (Lipinski definition) is 0. The SMILES string of the molecule is CCC(CCl)(Cc1ccc(F)cc1)c1ccccc1. The van der Waals surface area contributed by atoms with Gasteiger partial charge >= 0.3 is 0 Å². The highest BCUT2D eigenvalue weighted by Gasteiger charge is 2.29. The summed E-state index contributed by atoms with van der Waals surface area (Å²) in [5.41, 5.74) is 2.28. The van der Waals surface area contributed by atoms with Gasteiger partial charge in [0.1, 0.15) is 5.82 Å². The van der Waals surface area contributed by atoms with Crippen LogP contribution >= 0.6 is 11.6 Å². The van der Waals surface area contributed by atoms with Crippen LogP contribution in [0.4, 0.5) is 4.39 Å². The minimum Gasteiger partial charge on any atom is -0.207 e. The van der Waals surface area contributed by atoms with Gasteiger partial charge in [-0.3, -0.25) is 0 Å². The lowest BCUT2D eigenvalue weighted by Gasteiger charge is -2.31. The Morgan fingerprint density at radius 1 is 1.00 bits per heavy atom. The van der Waals surface area contributed by atoms with Crippen molar-refractivity contribution in [3.63, 3.8) is 0 Å². The van der Waals surface area contributed by atoms with Gasteiger partial charge in [0, 0.05) is 11.3 Å². The highest BCUT2D eigenvalue weighted by Crippen LogP contribution is 2.33. The van der Waals surface area contributed by atoms with Crippen molar-refractivity contribution in [2.24, 2.45) is 0 Å². The Bertz CT molecular complexity index is 501. The minimum atomic E-state index is -0.198. The zero-order valence-corrected chi connectivity index (χ0v) is 11.8. The molecule has 2 aromatic carbocycles. The van der Waals surface area contributed by atoms with Gasteiger partial charge in [0.25, 0.3) is 0 Å². The molecule has 0 heterocycles. The Kier molecular flexibility index (Phi) is 4.60. The van der Waals surface area contributed by atoms with Crippen LogP contribution in [0.25, 0.3) is 0 Å². The average Bonchev–Trinajstić information content (AvgIpc) is 2.48. The number of alkyl halides is 1. The van der Waals surface area contributed by atoms with Crippen molar-refractivity contribution < 1.29 is 4.39 Å². The lowest BCUT2D eigenvalue weighted by molar-refractivity contribution is 0.458. The molecule has 2 heteroatoms. The Labute approximate surface area is 119 Å². The van der Waals surface area contributed by atoms with Crippen molar-refractivity contribution in [3.05, 3.63) is 71.5 Å². The molecule has 0 saturated heterocycles. The summed E-state index contributed by atoms with van der Waals surface area (Å²) in [5.74, 6) is 0.363. The fraction of sp³-hybridized carbons (Fsp3) is 0.294. The molecule has 0 amide bonds. The highest BCUT2D eigenvalue weighted by molar-refractivity contribution is 6.18. The average molecular weight is 277 g/mol. The van der Waals surface area contributed by atoms with Gasteiger partial charge in [-0.1, -0.05) is 49.4 Å². The van der Waals surface area contributed by atoms with Gasteiger partial charge in [0.05, 0.1) is 0 Å². The maximum Gasteiger partial charge on any atom is 0.123 e. The molecule has 0 saturated carbocycles. The Morgan fingerprint density at radius 2 is 1.63 bits per heavy atom. The maximum atomic E-state index is 13.0. The summed E-state index contributed by atoms with van der Waals surface area (Å²) in [6.07, 6.45) is 1.79. The van der Waals surface area contributed by atoms with Gasteiger partial charge < -0.3 is 0 Å². The summed E-state index contributed by atoms with van der Waals surface area (Å²) >= 11 is 6.27. The van der Waals surface area contributed by atoms with E-state index in [4.69, 9.17) is 11.6 Å². The van der Waals surface area contributed by atoms with E-state index in [9.17, 15) is 4.39 Å². The van der Waals surface area contributed by atoms with Gasteiger partial charge in [-0.2, -0.15) is 0 Å². The van der Waals surface area contributed by atoms with Crippen molar-refractivity contribution >= 4 is 11.6 Å². The van der Waals surface area contributed by atoms with E-state index in [0.717, 1.165) is 18.4 Å². The van der Waals surface area contributed by atoms with Gasteiger partial charge in [-0.25, -0.2) is 4.39 Å². The quantitative estimate of drug-likeness (QED) is 0.678. The second kappa shape index (κ2) is 6.21. The number of halogens is 2. The minimum absolute atomic E-state index is 0.0827.